The number of benzene rings is 1. The highest BCUT2D eigenvalue weighted by atomic mass is 16.6. The van der Waals surface area contributed by atoms with E-state index in [0.717, 1.165) is 5.57 Å². The van der Waals surface area contributed by atoms with E-state index in [1.807, 2.05) is 32.0 Å². The Balaban J connectivity index is 2.44. The second-order valence-electron chi connectivity index (χ2n) is 5.05. The SMILES string of the molecule is C=C(C)CN(CC)C(=O)COC(=O)C(C)Oc1ccccc1. The summed E-state index contributed by atoms with van der Waals surface area (Å²) in [6.07, 6.45) is -0.772. The van der Waals surface area contributed by atoms with Gasteiger partial charge in [-0.25, -0.2) is 4.79 Å². The minimum atomic E-state index is -0.772. The molecule has 22 heavy (non-hydrogen) atoms. The second-order valence-corrected chi connectivity index (χ2v) is 5.05. The van der Waals surface area contributed by atoms with Crippen molar-refractivity contribution in [2.75, 3.05) is 19.7 Å². The monoisotopic (exact) mass is 305 g/mol. The number of esters is 1. The number of rotatable bonds is 8. The van der Waals surface area contributed by atoms with E-state index in [4.69, 9.17) is 9.47 Å². The van der Waals surface area contributed by atoms with Crippen LogP contribution in [-0.2, 0) is 14.3 Å². The molecule has 0 N–H and O–H groups in total. The van der Waals surface area contributed by atoms with Gasteiger partial charge in [-0.3, -0.25) is 4.79 Å². The Bertz CT molecular complexity index is 513. The van der Waals surface area contributed by atoms with Gasteiger partial charge in [-0.2, -0.15) is 0 Å². The molecule has 0 saturated heterocycles. The van der Waals surface area contributed by atoms with E-state index in [1.54, 1.807) is 24.0 Å². The lowest BCUT2D eigenvalue weighted by Crippen LogP contribution is -2.37. The van der Waals surface area contributed by atoms with Crippen LogP contribution in [0.3, 0.4) is 0 Å². The van der Waals surface area contributed by atoms with Crippen LogP contribution in [0.1, 0.15) is 20.8 Å². The Morgan fingerprint density at radius 1 is 1.27 bits per heavy atom. The molecule has 0 aliphatic carbocycles. The Hall–Kier alpha value is -2.30. The average Bonchev–Trinajstić information content (AvgIpc) is 2.50. The quantitative estimate of drug-likeness (QED) is 0.547. The number of carbonyl (C=O) groups is 2. The highest BCUT2D eigenvalue weighted by Gasteiger charge is 2.19. The van der Waals surface area contributed by atoms with Crippen molar-refractivity contribution >= 4 is 11.9 Å². The van der Waals surface area contributed by atoms with Gasteiger partial charge < -0.3 is 14.4 Å². The minimum absolute atomic E-state index is 0.245. The van der Waals surface area contributed by atoms with Crippen LogP contribution >= 0.6 is 0 Å². The van der Waals surface area contributed by atoms with Crippen molar-refractivity contribution in [3.63, 3.8) is 0 Å². The maximum atomic E-state index is 12.0. The molecule has 1 aromatic carbocycles. The number of ether oxygens (including phenoxy) is 2. The third kappa shape index (κ3) is 5.99. The first-order valence-electron chi connectivity index (χ1n) is 7.24. The first-order valence-corrected chi connectivity index (χ1v) is 7.24. The van der Waals surface area contributed by atoms with Gasteiger partial charge in [0.15, 0.2) is 12.7 Å². The van der Waals surface area contributed by atoms with Crippen LogP contribution in [0.15, 0.2) is 42.5 Å². The first-order chi connectivity index (χ1) is 10.4. The largest absolute Gasteiger partial charge is 0.479 e. The Morgan fingerprint density at radius 2 is 1.91 bits per heavy atom. The molecule has 0 radical (unpaired) electrons. The van der Waals surface area contributed by atoms with E-state index in [9.17, 15) is 9.59 Å². The highest BCUT2D eigenvalue weighted by Crippen LogP contribution is 2.11. The predicted octanol–water partition coefficient (Wildman–Crippen LogP) is 2.42. The molecule has 1 aromatic rings. The summed E-state index contributed by atoms with van der Waals surface area (Å²) in [6.45, 7) is 9.79. The van der Waals surface area contributed by atoms with E-state index in [1.165, 1.54) is 0 Å². The number of nitrogens with zero attached hydrogens (tertiary/aromatic N) is 1. The molecule has 1 unspecified atom stereocenters. The van der Waals surface area contributed by atoms with Crippen molar-refractivity contribution in [1.29, 1.82) is 0 Å². The molecule has 0 bridgehead atoms. The fourth-order valence-corrected chi connectivity index (χ4v) is 1.79. The zero-order valence-corrected chi connectivity index (χ0v) is 13.4. The summed E-state index contributed by atoms with van der Waals surface area (Å²) in [7, 11) is 0. The topological polar surface area (TPSA) is 55.8 Å². The lowest BCUT2D eigenvalue weighted by Gasteiger charge is -2.21. The number of para-hydroxylation sites is 1. The number of carbonyl (C=O) groups excluding carboxylic acids is 2. The third-order valence-electron chi connectivity index (χ3n) is 2.92. The summed E-state index contributed by atoms with van der Waals surface area (Å²) in [4.78, 5) is 25.4. The molecule has 0 spiro atoms. The van der Waals surface area contributed by atoms with Crippen molar-refractivity contribution in [1.82, 2.24) is 4.90 Å². The molecule has 0 aromatic heterocycles. The van der Waals surface area contributed by atoms with Crippen LogP contribution in [0.4, 0.5) is 0 Å². The molecule has 5 nitrogen and oxygen atoms in total. The molecule has 0 aliphatic heterocycles. The standard InChI is InChI=1S/C17H23NO4/c1-5-18(11-13(2)3)16(19)12-21-17(20)14(4)22-15-9-7-6-8-10-15/h6-10,14H,2,5,11-12H2,1,3-4H3. The van der Waals surface area contributed by atoms with Crippen LogP contribution in [0.2, 0.25) is 0 Å². The summed E-state index contributed by atoms with van der Waals surface area (Å²) < 4.78 is 10.5. The zero-order chi connectivity index (χ0) is 16.5. The van der Waals surface area contributed by atoms with Gasteiger partial charge in [-0.05, 0) is 32.9 Å². The van der Waals surface area contributed by atoms with E-state index >= 15 is 0 Å². The highest BCUT2D eigenvalue weighted by molar-refractivity contribution is 5.82. The molecule has 0 aliphatic rings. The molecule has 1 rings (SSSR count). The Morgan fingerprint density at radius 3 is 2.45 bits per heavy atom. The fourth-order valence-electron chi connectivity index (χ4n) is 1.79. The molecule has 1 amide bonds. The van der Waals surface area contributed by atoms with Crippen LogP contribution in [0, 0.1) is 0 Å². The third-order valence-corrected chi connectivity index (χ3v) is 2.92. The Kier molecular flexibility index (Phi) is 7.16. The van der Waals surface area contributed by atoms with E-state index in [-0.39, 0.29) is 12.5 Å². The summed E-state index contributed by atoms with van der Waals surface area (Å²) >= 11 is 0. The minimum Gasteiger partial charge on any atom is -0.479 e. The first kappa shape index (κ1) is 17.8. The average molecular weight is 305 g/mol. The molecular weight excluding hydrogens is 282 g/mol. The van der Waals surface area contributed by atoms with Crippen LogP contribution in [-0.4, -0.2) is 42.6 Å². The predicted molar refractivity (Wildman–Crippen MR) is 84.6 cm³/mol. The van der Waals surface area contributed by atoms with Gasteiger partial charge in [0.1, 0.15) is 5.75 Å². The summed E-state index contributed by atoms with van der Waals surface area (Å²) in [5.41, 5.74) is 0.877. The smallest absolute Gasteiger partial charge is 0.347 e. The number of hydrogen-bond donors (Lipinski definition) is 0. The molecule has 120 valence electrons. The van der Waals surface area contributed by atoms with Crippen molar-refractivity contribution in [2.24, 2.45) is 0 Å². The zero-order valence-electron chi connectivity index (χ0n) is 13.4. The van der Waals surface area contributed by atoms with Crippen molar-refractivity contribution < 1.29 is 19.1 Å². The van der Waals surface area contributed by atoms with Gasteiger partial charge in [0.2, 0.25) is 0 Å². The summed E-state index contributed by atoms with van der Waals surface area (Å²) in [5, 5.41) is 0. The maximum Gasteiger partial charge on any atom is 0.347 e. The van der Waals surface area contributed by atoms with Gasteiger partial charge in [0.05, 0.1) is 0 Å². The van der Waals surface area contributed by atoms with Crippen molar-refractivity contribution in [3.05, 3.63) is 42.5 Å². The van der Waals surface area contributed by atoms with Crippen molar-refractivity contribution in [3.8, 4) is 5.75 Å². The lowest BCUT2D eigenvalue weighted by molar-refractivity contribution is -0.157. The van der Waals surface area contributed by atoms with Crippen molar-refractivity contribution in [2.45, 2.75) is 26.9 Å². The van der Waals surface area contributed by atoms with Gasteiger partial charge in [0, 0.05) is 13.1 Å². The molecular formula is C17H23NO4. The fraction of sp³-hybridized carbons (Fsp3) is 0.412. The maximum absolute atomic E-state index is 12.0. The lowest BCUT2D eigenvalue weighted by atomic mass is 10.3. The van der Waals surface area contributed by atoms with Gasteiger partial charge in [-0.1, -0.05) is 30.4 Å². The molecule has 0 fully saturated rings. The summed E-state index contributed by atoms with van der Waals surface area (Å²) in [6, 6.07) is 8.98. The number of hydrogen-bond acceptors (Lipinski definition) is 4. The number of likely N-dealkylation sites (N-methyl/N-ethyl adjacent to an activating group) is 1. The molecule has 1 atom stereocenters. The molecule has 0 heterocycles. The van der Waals surface area contributed by atoms with E-state index < -0.39 is 12.1 Å². The molecule has 5 heteroatoms. The number of amides is 1. The van der Waals surface area contributed by atoms with E-state index in [2.05, 4.69) is 6.58 Å². The van der Waals surface area contributed by atoms with Gasteiger partial charge in [-0.15, -0.1) is 0 Å². The Labute approximate surface area is 131 Å². The molecule has 0 saturated carbocycles. The van der Waals surface area contributed by atoms with Crippen LogP contribution in [0.5, 0.6) is 5.75 Å². The normalized spacial score (nSPS) is 11.4. The van der Waals surface area contributed by atoms with E-state index in [0.29, 0.717) is 18.8 Å². The van der Waals surface area contributed by atoms with Crippen LogP contribution in [0.25, 0.3) is 0 Å². The second kappa shape index (κ2) is 8.87. The summed E-state index contributed by atoms with van der Waals surface area (Å²) in [5.74, 6) is -0.231. The van der Waals surface area contributed by atoms with Gasteiger partial charge in [0.25, 0.3) is 5.91 Å². The van der Waals surface area contributed by atoms with Gasteiger partial charge >= 0.3 is 5.97 Å². The van der Waals surface area contributed by atoms with Crippen LogP contribution < -0.4 is 4.74 Å².